The van der Waals surface area contributed by atoms with Crippen LogP contribution in [0.3, 0.4) is 0 Å². The molecule has 180 valence electrons. The summed E-state index contributed by atoms with van der Waals surface area (Å²) in [4.78, 5) is 22.9. The Hall–Kier alpha value is -3.31. The minimum atomic E-state index is -2.00. The fourth-order valence-corrected chi connectivity index (χ4v) is 3.26. The summed E-state index contributed by atoms with van der Waals surface area (Å²) >= 11 is 23.3. The molecule has 1 unspecified atom stereocenters. The molecule has 1 atom stereocenters. The number of alkyl halides is 3. The number of carbonyl (C=O) groups excluding carboxylic acids is 1. The molecule has 0 aliphatic heterocycles. The minimum Gasteiger partial charge on any atom is -0.339 e. The van der Waals surface area contributed by atoms with Gasteiger partial charge in [0.15, 0.2) is 5.11 Å². The molecule has 9 nitrogen and oxygen atoms in total. The van der Waals surface area contributed by atoms with Gasteiger partial charge < -0.3 is 16.0 Å². The molecule has 0 aromatic heterocycles. The normalized spacial score (nSPS) is 12.1. The van der Waals surface area contributed by atoms with Gasteiger partial charge in [-0.25, -0.2) is 0 Å². The molecule has 1 amide bonds. The zero-order valence-electron chi connectivity index (χ0n) is 17.7. The summed E-state index contributed by atoms with van der Waals surface area (Å²) in [6.45, 7) is 0. The number of anilines is 1. The van der Waals surface area contributed by atoms with E-state index in [0.29, 0.717) is 11.4 Å². The first-order chi connectivity index (χ1) is 16.6. The highest BCUT2D eigenvalue weighted by molar-refractivity contribution is 7.80. The van der Waals surface area contributed by atoms with Gasteiger partial charge in [0.05, 0.1) is 16.3 Å². The highest BCUT2D eigenvalue weighted by atomic mass is 35.6. The van der Waals surface area contributed by atoms with Crippen LogP contribution < -0.4 is 16.0 Å². The van der Waals surface area contributed by atoms with Gasteiger partial charge in [-0.1, -0.05) is 59.1 Å². The molecular formula is C22H17Cl3N6O3S. The average molecular weight is 552 g/mol. The number of benzene rings is 3. The molecule has 0 fully saturated rings. The molecule has 3 N–H and O–H groups in total. The number of azo groups is 1. The third-order valence-electron chi connectivity index (χ3n) is 4.36. The third-order valence-corrected chi connectivity index (χ3v) is 5.23. The van der Waals surface area contributed by atoms with Crippen LogP contribution in [0.1, 0.15) is 10.4 Å². The predicted octanol–water partition coefficient (Wildman–Crippen LogP) is 6.42. The number of halogens is 3. The van der Waals surface area contributed by atoms with Crippen molar-refractivity contribution in [3.63, 3.8) is 0 Å². The Morgan fingerprint density at radius 2 is 1.54 bits per heavy atom. The quantitative estimate of drug-likeness (QED) is 0.0778. The van der Waals surface area contributed by atoms with Crippen LogP contribution in [0.25, 0.3) is 0 Å². The largest absolute Gasteiger partial charge is 0.339 e. The molecular weight excluding hydrogens is 535 g/mol. The van der Waals surface area contributed by atoms with Crippen molar-refractivity contribution in [3.05, 3.63) is 94.5 Å². The molecule has 0 aliphatic carbocycles. The van der Waals surface area contributed by atoms with Crippen LogP contribution in [0.4, 0.5) is 22.7 Å². The topological polar surface area (TPSA) is 121 Å². The Kier molecular flexibility index (Phi) is 8.94. The van der Waals surface area contributed by atoms with Gasteiger partial charge in [-0.05, 0) is 54.7 Å². The standard InChI is InChI=1S/C22H17Cl3N6O3S/c23-22(24,25)20(27-19(32)14-5-4-8-18(13-14)31(33)34)28-21(35)26-15-9-11-17(12-10-15)30-29-16-6-2-1-3-7-16/h1-13,20H,(H,27,32)(H2,26,28,35). The SMILES string of the molecule is O=C(NC(NC(=S)Nc1ccc(N=Nc2ccccc2)cc1)C(Cl)(Cl)Cl)c1cccc([N+](=O)[O-])c1. The van der Waals surface area contributed by atoms with Crippen LogP contribution in [0, 0.1) is 10.1 Å². The van der Waals surface area contributed by atoms with Gasteiger partial charge >= 0.3 is 0 Å². The number of hydrogen-bond donors (Lipinski definition) is 3. The molecule has 3 aromatic rings. The Morgan fingerprint density at radius 1 is 0.914 bits per heavy atom. The lowest BCUT2D eigenvalue weighted by Gasteiger charge is -2.27. The van der Waals surface area contributed by atoms with Crippen molar-refractivity contribution in [2.75, 3.05) is 5.32 Å². The lowest BCUT2D eigenvalue weighted by molar-refractivity contribution is -0.384. The van der Waals surface area contributed by atoms with E-state index in [9.17, 15) is 14.9 Å². The number of nitrogens with one attached hydrogen (secondary N) is 3. The van der Waals surface area contributed by atoms with Crippen molar-refractivity contribution in [1.29, 1.82) is 0 Å². The second-order valence-corrected chi connectivity index (χ2v) is 9.71. The molecule has 0 saturated heterocycles. The maximum Gasteiger partial charge on any atom is 0.270 e. The lowest BCUT2D eigenvalue weighted by Crippen LogP contribution is -2.56. The second-order valence-electron chi connectivity index (χ2n) is 6.94. The second kappa shape index (κ2) is 11.9. The molecule has 0 heterocycles. The number of nitro groups is 1. The lowest BCUT2D eigenvalue weighted by atomic mass is 10.2. The van der Waals surface area contributed by atoms with Crippen LogP contribution in [-0.4, -0.2) is 25.9 Å². The van der Waals surface area contributed by atoms with E-state index in [-0.39, 0.29) is 16.4 Å². The first kappa shape index (κ1) is 26.3. The number of rotatable bonds is 7. The number of thiocarbonyl (C=S) groups is 1. The maximum atomic E-state index is 12.6. The van der Waals surface area contributed by atoms with E-state index in [1.807, 2.05) is 30.3 Å². The fraction of sp³-hybridized carbons (Fsp3) is 0.0909. The number of nitro benzene ring substituents is 1. The number of non-ortho nitro benzene ring substituents is 1. The molecule has 35 heavy (non-hydrogen) atoms. The van der Waals surface area contributed by atoms with Crippen LogP contribution >= 0.6 is 47.0 Å². The Labute approximate surface area is 220 Å². The molecule has 3 rings (SSSR count). The third kappa shape index (κ3) is 8.15. The van der Waals surface area contributed by atoms with Crippen molar-refractivity contribution in [2.45, 2.75) is 9.96 Å². The van der Waals surface area contributed by atoms with Crippen molar-refractivity contribution in [2.24, 2.45) is 10.2 Å². The van der Waals surface area contributed by atoms with Crippen LogP contribution in [0.2, 0.25) is 0 Å². The summed E-state index contributed by atoms with van der Waals surface area (Å²) in [6.07, 6.45) is -1.25. The summed E-state index contributed by atoms with van der Waals surface area (Å²) in [6, 6.07) is 21.3. The van der Waals surface area contributed by atoms with E-state index in [2.05, 4.69) is 26.2 Å². The van der Waals surface area contributed by atoms with E-state index in [0.717, 1.165) is 11.8 Å². The molecule has 13 heteroatoms. The number of nitrogens with zero attached hydrogens (tertiary/aromatic N) is 3. The van der Waals surface area contributed by atoms with E-state index >= 15 is 0 Å². The molecule has 3 aromatic carbocycles. The summed E-state index contributed by atoms with van der Waals surface area (Å²) in [7, 11) is 0. The summed E-state index contributed by atoms with van der Waals surface area (Å²) in [5.41, 5.74) is 1.72. The first-order valence-corrected chi connectivity index (χ1v) is 11.4. The Morgan fingerprint density at radius 3 is 2.14 bits per heavy atom. The fourth-order valence-electron chi connectivity index (χ4n) is 2.69. The van der Waals surface area contributed by atoms with Gasteiger partial charge in [0.25, 0.3) is 11.6 Å². The van der Waals surface area contributed by atoms with E-state index in [1.165, 1.54) is 18.2 Å². The summed E-state index contributed by atoms with van der Waals surface area (Å²) in [5.74, 6) is -0.701. The maximum absolute atomic E-state index is 12.6. The van der Waals surface area contributed by atoms with Crippen LogP contribution in [0.15, 0.2) is 89.1 Å². The van der Waals surface area contributed by atoms with Gasteiger partial charge in [0, 0.05) is 23.4 Å². The van der Waals surface area contributed by atoms with E-state index < -0.39 is 20.8 Å². The smallest absolute Gasteiger partial charge is 0.270 e. The van der Waals surface area contributed by atoms with Crippen molar-refractivity contribution < 1.29 is 9.72 Å². The van der Waals surface area contributed by atoms with Crippen molar-refractivity contribution in [1.82, 2.24) is 10.6 Å². The minimum absolute atomic E-state index is 0.0133. The number of carbonyl (C=O) groups is 1. The molecule has 0 aliphatic rings. The van der Waals surface area contributed by atoms with E-state index in [1.54, 1.807) is 24.3 Å². The van der Waals surface area contributed by atoms with Gasteiger partial charge in [-0.15, -0.1) is 0 Å². The average Bonchev–Trinajstić information content (AvgIpc) is 2.83. The van der Waals surface area contributed by atoms with Crippen molar-refractivity contribution >= 4 is 80.8 Å². The monoisotopic (exact) mass is 550 g/mol. The number of amides is 1. The van der Waals surface area contributed by atoms with Gasteiger partial charge in [0.1, 0.15) is 6.17 Å². The number of hydrogen-bond acceptors (Lipinski definition) is 6. The zero-order chi connectivity index (χ0) is 25.4. The Balaban J connectivity index is 1.62. The van der Waals surface area contributed by atoms with Crippen LogP contribution in [-0.2, 0) is 0 Å². The zero-order valence-corrected chi connectivity index (χ0v) is 20.8. The first-order valence-electron chi connectivity index (χ1n) is 9.88. The molecule has 0 saturated carbocycles. The summed E-state index contributed by atoms with van der Waals surface area (Å²) < 4.78 is -2.00. The molecule has 0 bridgehead atoms. The van der Waals surface area contributed by atoms with Crippen molar-refractivity contribution in [3.8, 4) is 0 Å². The van der Waals surface area contributed by atoms with Gasteiger partial charge in [0.2, 0.25) is 3.79 Å². The Bertz CT molecular complexity index is 1240. The summed E-state index contributed by atoms with van der Waals surface area (Å²) in [5, 5.41) is 27.4. The van der Waals surface area contributed by atoms with E-state index in [4.69, 9.17) is 47.0 Å². The molecule has 0 spiro atoms. The molecule has 0 radical (unpaired) electrons. The van der Waals surface area contributed by atoms with Gasteiger partial charge in [-0.2, -0.15) is 10.2 Å². The highest BCUT2D eigenvalue weighted by Gasteiger charge is 2.35. The highest BCUT2D eigenvalue weighted by Crippen LogP contribution is 2.29. The van der Waals surface area contributed by atoms with Gasteiger partial charge in [-0.3, -0.25) is 14.9 Å². The van der Waals surface area contributed by atoms with Crippen LogP contribution in [0.5, 0.6) is 0 Å². The predicted molar refractivity (Wildman–Crippen MR) is 141 cm³/mol.